The van der Waals surface area contributed by atoms with Crippen molar-refractivity contribution in [1.82, 2.24) is 10.2 Å². The summed E-state index contributed by atoms with van der Waals surface area (Å²) in [5, 5.41) is 3.23. The van der Waals surface area contributed by atoms with Gasteiger partial charge in [0.15, 0.2) is 0 Å². The minimum absolute atomic E-state index is 0.0902. The van der Waals surface area contributed by atoms with Gasteiger partial charge in [-0.1, -0.05) is 26.2 Å². The lowest BCUT2D eigenvalue weighted by Gasteiger charge is -2.34. The van der Waals surface area contributed by atoms with Crippen molar-refractivity contribution >= 4 is 5.91 Å². The zero-order valence-electron chi connectivity index (χ0n) is 17.0. The third kappa shape index (κ3) is 5.82. The van der Waals surface area contributed by atoms with Crippen LogP contribution >= 0.6 is 0 Å². The Balaban J connectivity index is 1.51. The van der Waals surface area contributed by atoms with E-state index in [0.717, 1.165) is 56.6 Å². The Labute approximate surface area is 163 Å². The highest BCUT2D eigenvalue weighted by Gasteiger charge is 2.29. The first-order valence-corrected chi connectivity index (χ1v) is 10.8. The molecule has 1 aliphatic carbocycles. The molecular formula is C22H36N2O3. The summed E-state index contributed by atoms with van der Waals surface area (Å²) in [7, 11) is 0. The van der Waals surface area contributed by atoms with Gasteiger partial charge in [0.25, 0.3) is 0 Å². The number of furan rings is 1. The number of amides is 1. The predicted octanol–water partition coefficient (Wildman–Crippen LogP) is 4.07. The molecule has 1 saturated carbocycles. The zero-order valence-corrected chi connectivity index (χ0v) is 17.0. The summed E-state index contributed by atoms with van der Waals surface area (Å²) in [4.78, 5) is 15.1. The molecule has 0 spiro atoms. The van der Waals surface area contributed by atoms with Gasteiger partial charge in [-0.15, -0.1) is 0 Å². The molecule has 2 heterocycles. The molecule has 1 amide bonds. The number of morpholine rings is 1. The van der Waals surface area contributed by atoms with Crippen molar-refractivity contribution in [2.24, 2.45) is 11.8 Å². The number of ether oxygens (including phenoxy) is 1. The molecule has 1 aromatic rings. The molecule has 2 fully saturated rings. The summed E-state index contributed by atoms with van der Waals surface area (Å²) in [5.41, 5.74) is 0. The Morgan fingerprint density at radius 3 is 2.59 bits per heavy atom. The molecule has 5 nitrogen and oxygen atoms in total. The normalized spacial score (nSPS) is 25.3. The van der Waals surface area contributed by atoms with Gasteiger partial charge in [-0.25, -0.2) is 0 Å². The molecule has 0 radical (unpaired) electrons. The van der Waals surface area contributed by atoms with Gasteiger partial charge in [0.2, 0.25) is 5.91 Å². The van der Waals surface area contributed by atoms with E-state index in [4.69, 9.17) is 9.15 Å². The number of unbranched alkanes of at least 4 members (excludes halogenated alkanes) is 1. The fourth-order valence-electron chi connectivity index (χ4n) is 4.48. The molecule has 1 aromatic heterocycles. The van der Waals surface area contributed by atoms with Crippen LogP contribution < -0.4 is 5.32 Å². The summed E-state index contributed by atoms with van der Waals surface area (Å²) in [6.07, 6.45) is 8.44. The fourth-order valence-corrected chi connectivity index (χ4v) is 4.48. The second-order valence-corrected chi connectivity index (χ2v) is 8.22. The maximum absolute atomic E-state index is 12.8. The molecular weight excluding hydrogens is 340 g/mol. The van der Waals surface area contributed by atoms with Crippen LogP contribution in [0.4, 0.5) is 0 Å². The van der Waals surface area contributed by atoms with Crippen LogP contribution in [0.25, 0.3) is 0 Å². The number of hydrogen-bond donors (Lipinski definition) is 1. The van der Waals surface area contributed by atoms with Gasteiger partial charge in [-0.3, -0.25) is 9.69 Å². The van der Waals surface area contributed by atoms with Gasteiger partial charge in [-0.05, 0) is 50.7 Å². The molecule has 0 aromatic carbocycles. The Morgan fingerprint density at radius 2 is 1.96 bits per heavy atom. The van der Waals surface area contributed by atoms with Crippen LogP contribution in [0.3, 0.4) is 0 Å². The van der Waals surface area contributed by atoms with E-state index in [1.54, 1.807) is 0 Å². The zero-order chi connectivity index (χ0) is 19.1. The molecule has 1 atom stereocenters. The highest BCUT2D eigenvalue weighted by Crippen LogP contribution is 2.32. The van der Waals surface area contributed by atoms with Crippen LogP contribution in [0.1, 0.15) is 69.4 Å². The summed E-state index contributed by atoms with van der Waals surface area (Å²) in [5.74, 6) is 3.11. The number of carbonyl (C=O) groups excluding carboxylic acids is 1. The number of aryl methyl sites for hydroxylation is 1. The van der Waals surface area contributed by atoms with Crippen LogP contribution in [0.2, 0.25) is 0 Å². The first kappa shape index (κ1) is 20.4. The molecule has 1 saturated heterocycles. The van der Waals surface area contributed by atoms with Gasteiger partial charge in [0.05, 0.1) is 19.3 Å². The molecule has 0 bridgehead atoms. The molecule has 27 heavy (non-hydrogen) atoms. The number of carbonyl (C=O) groups is 1. The van der Waals surface area contributed by atoms with Crippen molar-refractivity contribution in [3.05, 3.63) is 23.7 Å². The minimum Gasteiger partial charge on any atom is -0.465 e. The number of hydrogen-bond acceptors (Lipinski definition) is 4. The quantitative estimate of drug-likeness (QED) is 0.743. The number of nitrogens with one attached hydrogen (secondary N) is 1. The average molecular weight is 377 g/mol. The van der Waals surface area contributed by atoms with Crippen LogP contribution in [0.5, 0.6) is 0 Å². The monoisotopic (exact) mass is 376 g/mol. The smallest absolute Gasteiger partial charge is 0.223 e. The summed E-state index contributed by atoms with van der Waals surface area (Å²) < 4.78 is 11.4. The maximum atomic E-state index is 12.8. The van der Waals surface area contributed by atoms with Gasteiger partial charge in [-0.2, -0.15) is 0 Å². The van der Waals surface area contributed by atoms with Crippen molar-refractivity contribution in [2.45, 2.75) is 64.8 Å². The van der Waals surface area contributed by atoms with Crippen molar-refractivity contribution in [3.8, 4) is 0 Å². The van der Waals surface area contributed by atoms with E-state index >= 15 is 0 Å². The van der Waals surface area contributed by atoms with E-state index in [0.29, 0.717) is 6.54 Å². The number of nitrogens with zero attached hydrogens (tertiary/aromatic N) is 1. The van der Waals surface area contributed by atoms with Crippen molar-refractivity contribution in [1.29, 1.82) is 0 Å². The van der Waals surface area contributed by atoms with E-state index in [1.165, 1.54) is 32.1 Å². The molecule has 1 aliphatic heterocycles. The standard InChI is InChI=1S/C22H36N2O3/c1-3-4-5-18-7-9-19(10-8-18)22(25)23-16-20(21-11-6-17(2)27-21)24-12-14-26-15-13-24/h6,11,18-20H,3-5,7-10,12-16H2,1-2H3,(H,23,25). The molecule has 1 N–H and O–H groups in total. The van der Waals surface area contributed by atoms with Crippen LogP contribution in [-0.4, -0.2) is 43.7 Å². The minimum atomic E-state index is 0.0902. The van der Waals surface area contributed by atoms with E-state index in [1.807, 2.05) is 19.1 Å². The SMILES string of the molecule is CCCCC1CCC(C(=O)NCC(c2ccc(C)o2)N2CCOCC2)CC1. The summed E-state index contributed by atoms with van der Waals surface area (Å²) in [6, 6.07) is 4.13. The van der Waals surface area contributed by atoms with Gasteiger partial charge in [0.1, 0.15) is 11.5 Å². The first-order valence-electron chi connectivity index (χ1n) is 10.8. The second kappa shape index (κ2) is 10.3. The predicted molar refractivity (Wildman–Crippen MR) is 107 cm³/mol. The third-order valence-electron chi connectivity index (χ3n) is 6.23. The second-order valence-electron chi connectivity index (χ2n) is 8.22. The Bertz CT molecular complexity index is 572. The molecule has 5 heteroatoms. The summed E-state index contributed by atoms with van der Waals surface area (Å²) >= 11 is 0. The molecule has 1 unspecified atom stereocenters. The van der Waals surface area contributed by atoms with Crippen molar-refractivity contribution in [3.63, 3.8) is 0 Å². The number of rotatable bonds is 8. The Hall–Kier alpha value is -1.33. The lowest BCUT2D eigenvalue weighted by molar-refractivity contribution is -0.126. The topological polar surface area (TPSA) is 54.7 Å². The highest BCUT2D eigenvalue weighted by atomic mass is 16.5. The lowest BCUT2D eigenvalue weighted by atomic mass is 9.79. The average Bonchev–Trinajstić information content (AvgIpc) is 3.13. The van der Waals surface area contributed by atoms with Crippen LogP contribution in [0.15, 0.2) is 16.5 Å². The van der Waals surface area contributed by atoms with Crippen LogP contribution in [-0.2, 0) is 9.53 Å². The van der Waals surface area contributed by atoms with Crippen LogP contribution in [0, 0.1) is 18.8 Å². The van der Waals surface area contributed by atoms with E-state index in [9.17, 15) is 4.79 Å². The first-order chi connectivity index (χ1) is 13.2. The largest absolute Gasteiger partial charge is 0.465 e. The van der Waals surface area contributed by atoms with Gasteiger partial charge >= 0.3 is 0 Å². The Morgan fingerprint density at radius 1 is 1.22 bits per heavy atom. The maximum Gasteiger partial charge on any atom is 0.223 e. The molecule has 152 valence electrons. The third-order valence-corrected chi connectivity index (χ3v) is 6.23. The van der Waals surface area contributed by atoms with Gasteiger partial charge in [0, 0.05) is 25.6 Å². The Kier molecular flexibility index (Phi) is 7.77. The van der Waals surface area contributed by atoms with Gasteiger partial charge < -0.3 is 14.5 Å². The molecule has 2 aliphatic rings. The van der Waals surface area contributed by atoms with E-state index in [2.05, 4.69) is 17.1 Å². The highest BCUT2D eigenvalue weighted by molar-refractivity contribution is 5.78. The fraction of sp³-hybridized carbons (Fsp3) is 0.773. The molecule has 3 rings (SSSR count). The lowest BCUT2D eigenvalue weighted by Crippen LogP contribution is -2.45. The van der Waals surface area contributed by atoms with Crippen molar-refractivity contribution in [2.75, 3.05) is 32.8 Å². The summed E-state index contributed by atoms with van der Waals surface area (Å²) in [6.45, 7) is 8.07. The van der Waals surface area contributed by atoms with E-state index in [-0.39, 0.29) is 17.9 Å². The van der Waals surface area contributed by atoms with E-state index < -0.39 is 0 Å². The van der Waals surface area contributed by atoms with Crippen molar-refractivity contribution < 1.29 is 13.9 Å².